The molecule has 0 unspecified atom stereocenters. The number of aromatic nitrogens is 4. The summed E-state index contributed by atoms with van der Waals surface area (Å²) in [6.45, 7) is 8.36. The van der Waals surface area contributed by atoms with Crippen molar-refractivity contribution >= 4 is 22.0 Å². The summed E-state index contributed by atoms with van der Waals surface area (Å²) < 4.78 is 1.87. The van der Waals surface area contributed by atoms with Gasteiger partial charge in [0, 0.05) is 35.6 Å². The number of rotatable bonds is 6. The topological polar surface area (TPSA) is 72.9 Å². The van der Waals surface area contributed by atoms with Crippen LogP contribution in [-0.4, -0.2) is 19.7 Å². The third-order valence-electron chi connectivity index (χ3n) is 4.61. The average molecular weight is 380 g/mol. The lowest BCUT2D eigenvalue weighted by Crippen LogP contribution is -2.24. The maximum atomic E-state index is 6.06. The fourth-order valence-electron chi connectivity index (χ4n) is 3.04. The predicted molar refractivity (Wildman–Crippen MR) is 117 cm³/mol. The second kappa shape index (κ2) is 7.92. The number of allylic oxidation sites excluding steroid dienone is 3. The molecular formula is C23H20N6. The number of hydrogen-bond donors (Lipinski definition) is 1. The molecule has 0 aliphatic carbocycles. The number of nitrogens with zero attached hydrogens (tertiary/aromatic N) is 5. The SMILES string of the molecule is C=C(/C=C\N(N)c1cccnc1)C(=C)c1ccnn1-c1cccc2cnccc12. The molecule has 1 aromatic carbocycles. The summed E-state index contributed by atoms with van der Waals surface area (Å²) in [5, 5.41) is 8.10. The van der Waals surface area contributed by atoms with Crippen molar-refractivity contribution in [2.45, 2.75) is 0 Å². The van der Waals surface area contributed by atoms with Gasteiger partial charge in [-0.15, -0.1) is 0 Å². The fourth-order valence-corrected chi connectivity index (χ4v) is 3.04. The van der Waals surface area contributed by atoms with E-state index in [0.29, 0.717) is 0 Å². The summed E-state index contributed by atoms with van der Waals surface area (Å²) >= 11 is 0. The number of nitrogens with two attached hydrogens (primary N) is 1. The second-order valence-electron chi connectivity index (χ2n) is 6.44. The number of pyridine rings is 2. The van der Waals surface area contributed by atoms with Crippen LogP contribution in [0.3, 0.4) is 0 Å². The van der Waals surface area contributed by atoms with Crippen molar-refractivity contribution in [3.05, 3.63) is 110 Å². The van der Waals surface area contributed by atoms with Gasteiger partial charge in [-0.25, -0.2) is 10.5 Å². The molecule has 2 N–H and O–H groups in total. The Kier molecular flexibility index (Phi) is 5.01. The zero-order valence-electron chi connectivity index (χ0n) is 15.8. The fraction of sp³-hybridized carbons (Fsp3) is 0. The molecule has 0 atom stereocenters. The molecule has 6 nitrogen and oxygen atoms in total. The predicted octanol–water partition coefficient (Wildman–Crippen LogP) is 4.28. The standard InChI is InChI=1S/C23H20N6/c1-17(10-14-28(24)20-6-4-11-25-16-20)18(2)22-9-13-27-29(22)23-7-3-5-19-15-26-12-8-21(19)23/h3-16H,1-2,24H2/b14-10-. The lowest BCUT2D eigenvalue weighted by atomic mass is 10.1. The Balaban J connectivity index is 1.61. The number of anilines is 1. The van der Waals surface area contributed by atoms with Gasteiger partial charge in [-0.1, -0.05) is 25.3 Å². The van der Waals surface area contributed by atoms with Crippen molar-refractivity contribution < 1.29 is 0 Å². The van der Waals surface area contributed by atoms with Crippen molar-refractivity contribution in [2.24, 2.45) is 5.84 Å². The van der Waals surface area contributed by atoms with E-state index in [9.17, 15) is 0 Å². The molecule has 4 aromatic rings. The molecule has 0 saturated carbocycles. The number of benzene rings is 1. The molecule has 6 heteroatoms. The van der Waals surface area contributed by atoms with Crippen molar-refractivity contribution in [1.82, 2.24) is 19.7 Å². The summed E-state index contributed by atoms with van der Waals surface area (Å²) in [6, 6.07) is 13.6. The van der Waals surface area contributed by atoms with Crippen LogP contribution in [0, 0.1) is 0 Å². The molecular weight excluding hydrogens is 360 g/mol. The summed E-state index contributed by atoms with van der Waals surface area (Å²) in [6.07, 6.45) is 12.3. The van der Waals surface area contributed by atoms with E-state index >= 15 is 0 Å². The van der Waals surface area contributed by atoms with E-state index in [1.54, 1.807) is 31.0 Å². The van der Waals surface area contributed by atoms with Gasteiger partial charge in [0.1, 0.15) is 0 Å². The maximum absolute atomic E-state index is 6.06. The summed E-state index contributed by atoms with van der Waals surface area (Å²) in [5.41, 5.74) is 4.07. The Morgan fingerprint density at radius 1 is 0.966 bits per heavy atom. The first-order valence-electron chi connectivity index (χ1n) is 9.03. The number of hydrazine groups is 1. The largest absolute Gasteiger partial charge is 0.285 e. The quantitative estimate of drug-likeness (QED) is 0.307. The average Bonchev–Trinajstić information content (AvgIpc) is 3.26. The minimum atomic E-state index is 0.730. The van der Waals surface area contributed by atoms with Gasteiger partial charge in [0.2, 0.25) is 0 Å². The highest BCUT2D eigenvalue weighted by Gasteiger charge is 2.12. The molecule has 4 rings (SSSR count). The zero-order valence-corrected chi connectivity index (χ0v) is 15.8. The number of hydrogen-bond acceptors (Lipinski definition) is 5. The smallest absolute Gasteiger partial charge is 0.0751 e. The molecule has 0 aliphatic rings. The Bertz CT molecular complexity index is 1200. The molecule has 29 heavy (non-hydrogen) atoms. The van der Waals surface area contributed by atoms with Crippen molar-refractivity contribution in [3.8, 4) is 5.69 Å². The number of fused-ring (bicyclic) bond motifs is 1. The Labute approximate surface area is 168 Å². The van der Waals surface area contributed by atoms with Crippen LogP contribution in [0.5, 0.6) is 0 Å². The lowest BCUT2D eigenvalue weighted by Gasteiger charge is -2.14. The Morgan fingerprint density at radius 2 is 1.83 bits per heavy atom. The van der Waals surface area contributed by atoms with Crippen molar-refractivity contribution in [3.63, 3.8) is 0 Å². The van der Waals surface area contributed by atoms with E-state index in [2.05, 4.69) is 28.2 Å². The van der Waals surface area contributed by atoms with Gasteiger partial charge in [0.05, 0.1) is 29.5 Å². The highest BCUT2D eigenvalue weighted by molar-refractivity contribution is 5.90. The van der Waals surface area contributed by atoms with E-state index in [0.717, 1.165) is 39.0 Å². The molecule has 3 heterocycles. The zero-order chi connectivity index (χ0) is 20.2. The summed E-state index contributed by atoms with van der Waals surface area (Å²) in [5.74, 6) is 6.06. The molecule has 0 fully saturated rings. The lowest BCUT2D eigenvalue weighted by molar-refractivity contribution is 0.874. The first-order valence-corrected chi connectivity index (χ1v) is 9.03. The van der Waals surface area contributed by atoms with E-state index in [4.69, 9.17) is 5.84 Å². The maximum Gasteiger partial charge on any atom is 0.0751 e. The second-order valence-corrected chi connectivity index (χ2v) is 6.44. The molecule has 0 spiro atoms. The molecule has 142 valence electrons. The van der Waals surface area contributed by atoms with Crippen LogP contribution in [-0.2, 0) is 0 Å². The van der Waals surface area contributed by atoms with E-state index in [1.807, 2.05) is 59.4 Å². The van der Waals surface area contributed by atoms with Gasteiger partial charge >= 0.3 is 0 Å². The van der Waals surface area contributed by atoms with Crippen molar-refractivity contribution in [2.75, 3.05) is 5.01 Å². The third kappa shape index (κ3) is 3.69. The first-order chi connectivity index (χ1) is 14.1. The minimum absolute atomic E-state index is 0.730. The minimum Gasteiger partial charge on any atom is -0.285 e. The van der Waals surface area contributed by atoms with Crippen LogP contribution in [0.1, 0.15) is 5.69 Å². The highest BCUT2D eigenvalue weighted by Crippen LogP contribution is 2.27. The Hall–Kier alpha value is -4.03. The molecule has 0 radical (unpaired) electrons. The Morgan fingerprint density at radius 3 is 2.66 bits per heavy atom. The van der Waals surface area contributed by atoms with E-state index in [1.165, 1.54) is 5.01 Å². The first kappa shape index (κ1) is 18.3. The van der Waals surface area contributed by atoms with Crippen LogP contribution in [0.4, 0.5) is 5.69 Å². The van der Waals surface area contributed by atoms with Crippen LogP contribution in [0.2, 0.25) is 0 Å². The molecule has 0 aliphatic heterocycles. The third-order valence-corrected chi connectivity index (χ3v) is 4.61. The molecule has 3 aromatic heterocycles. The van der Waals surface area contributed by atoms with Gasteiger partial charge in [-0.3, -0.25) is 15.0 Å². The van der Waals surface area contributed by atoms with Gasteiger partial charge < -0.3 is 0 Å². The van der Waals surface area contributed by atoms with E-state index in [-0.39, 0.29) is 0 Å². The monoisotopic (exact) mass is 380 g/mol. The summed E-state index contributed by atoms with van der Waals surface area (Å²) in [7, 11) is 0. The van der Waals surface area contributed by atoms with Crippen LogP contribution >= 0.6 is 0 Å². The van der Waals surface area contributed by atoms with Crippen LogP contribution in [0.15, 0.2) is 104 Å². The van der Waals surface area contributed by atoms with Gasteiger partial charge in [0.25, 0.3) is 0 Å². The molecule has 0 saturated heterocycles. The molecule has 0 bridgehead atoms. The van der Waals surface area contributed by atoms with Gasteiger partial charge in [-0.2, -0.15) is 5.10 Å². The highest BCUT2D eigenvalue weighted by atomic mass is 15.4. The van der Waals surface area contributed by atoms with Gasteiger partial charge in [-0.05, 0) is 47.6 Å². The van der Waals surface area contributed by atoms with Crippen LogP contribution < -0.4 is 10.9 Å². The normalized spacial score (nSPS) is 11.1. The van der Waals surface area contributed by atoms with Gasteiger partial charge in [0.15, 0.2) is 0 Å². The summed E-state index contributed by atoms with van der Waals surface area (Å²) in [4.78, 5) is 8.26. The van der Waals surface area contributed by atoms with Crippen molar-refractivity contribution in [1.29, 1.82) is 0 Å². The van der Waals surface area contributed by atoms with Crippen LogP contribution in [0.25, 0.3) is 22.0 Å². The molecule has 0 amide bonds. The van der Waals surface area contributed by atoms with E-state index < -0.39 is 0 Å².